The van der Waals surface area contributed by atoms with Crippen LogP contribution in [0.1, 0.15) is 37.7 Å². The molecule has 3 heteroatoms. The third-order valence-corrected chi connectivity index (χ3v) is 3.96. The Balaban J connectivity index is 1.63. The van der Waals surface area contributed by atoms with Crippen molar-refractivity contribution in [3.05, 3.63) is 42.2 Å². The first-order chi connectivity index (χ1) is 9.33. The first-order valence-electron chi connectivity index (χ1n) is 7.18. The van der Waals surface area contributed by atoms with E-state index < -0.39 is 0 Å². The molecular formula is C16H20N2O. The average Bonchev–Trinajstić information content (AvgIpc) is 3.15. The topological polar surface area (TPSA) is 33.2 Å². The Morgan fingerprint density at radius 3 is 2.68 bits per heavy atom. The number of allylic oxidation sites excluding steroid dienone is 2. The van der Waals surface area contributed by atoms with Gasteiger partial charge in [-0.1, -0.05) is 12.2 Å². The second kappa shape index (κ2) is 5.55. The maximum absolute atomic E-state index is 12.5. The van der Waals surface area contributed by atoms with Gasteiger partial charge in [0.1, 0.15) is 0 Å². The van der Waals surface area contributed by atoms with Crippen molar-refractivity contribution in [3.63, 3.8) is 0 Å². The van der Waals surface area contributed by atoms with Gasteiger partial charge in [0, 0.05) is 31.4 Å². The summed E-state index contributed by atoms with van der Waals surface area (Å²) in [4.78, 5) is 18.6. The molecule has 0 saturated heterocycles. The molecule has 19 heavy (non-hydrogen) atoms. The van der Waals surface area contributed by atoms with E-state index in [0.29, 0.717) is 24.3 Å². The van der Waals surface area contributed by atoms with Gasteiger partial charge in [0.2, 0.25) is 5.91 Å². The van der Waals surface area contributed by atoms with E-state index in [1.165, 1.54) is 5.56 Å². The molecule has 0 radical (unpaired) electrons. The normalized spacial score (nSPS) is 21.6. The lowest BCUT2D eigenvalue weighted by atomic mass is 10.0. The summed E-state index contributed by atoms with van der Waals surface area (Å²) in [6.45, 7) is 0.739. The van der Waals surface area contributed by atoms with Gasteiger partial charge in [-0.25, -0.2) is 0 Å². The fourth-order valence-electron chi connectivity index (χ4n) is 2.70. The zero-order valence-electron chi connectivity index (χ0n) is 11.2. The zero-order chi connectivity index (χ0) is 13.1. The van der Waals surface area contributed by atoms with Crippen molar-refractivity contribution < 1.29 is 4.79 Å². The molecule has 0 spiro atoms. The molecule has 1 amide bonds. The van der Waals surface area contributed by atoms with Crippen molar-refractivity contribution >= 4 is 5.91 Å². The number of hydrogen-bond donors (Lipinski definition) is 0. The SMILES string of the molecule is O=C(C[C@@H]1C=CCC1)N(Cc1ccncc1)C1CC1. The predicted molar refractivity (Wildman–Crippen MR) is 74.3 cm³/mol. The van der Waals surface area contributed by atoms with Gasteiger partial charge < -0.3 is 4.90 Å². The van der Waals surface area contributed by atoms with E-state index in [1.54, 1.807) is 12.4 Å². The highest BCUT2D eigenvalue weighted by molar-refractivity contribution is 5.77. The minimum Gasteiger partial charge on any atom is -0.335 e. The molecule has 2 aliphatic rings. The molecule has 1 aromatic rings. The molecule has 1 atom stereocenters. The van der Waals surface area contributed by atoms with Crippen molar-refractivity contribution in [2.45, 2.75) is 44.7 Å². The van der Waals surface area contributed by atoms with Crippen LogP contribution in [0.3, 0.4) is 0 Å². The highest BCUT2D eigenvalue weighted by atomic mass is 16.2. The second-order valence-electron chi connectivity index (χ2n) is 5.58. The molecule has 3 rings (SSSR count). The Bertz CT molecular complexity index is 465. The molecule has 2 aliphatic carbocycles. The summed E-state index contributed by atoms with van der Waals surface area (Å²) in [6.07, 6.45) is 13.3. The van der Waals surface area contributed by atoms with Gasteiger partial charge >= 0.3 is 0 Å². The minimum atomic E-state index is 0.316. The molecule has 1 heterocycles. The summed E-state index contributed by atoms with van der Waals surface area (Å²) in [7, 11) is 0. The summed E-state index contributed by atoms with van der Waals surface area (Å²) in [5, 5.41) is 0. The minimum absolute atomic E-state index is 0.316. The van der Waals surface area contributed by atoms with E-state index in [-0.39, 0.29) is 0 Å². The highest BCUT2D eigenvalue weighted by Gasteiger charge is 2.33. The Hall–Kier alpha value is -1.64. The molecule has 1 saturated carbocycles. The highest BCUT2D eigenvalue weighted by Crippen LogP contribution is 2.30. The van der Waals surface area contributed by atoms with Crippen LogP contribution in [0.5, 0.6) is 0 Å². The Labute approximate surface area is 114 Å². The number of aromatic nitrogens is 1. The van der Waals surface area contributed by atoms with Crippen LogP contribution >= 0.6 is 0 Å². The maximum Gasteiger partial charge on any atom is 0.223 e. The van der Waals surface area contributed by atoms with Gasteiger partial charge in [0.15, 0.2) is 0 Å². The summed E-state index contributed by atoms with van der Waals surface area (Å²) >= 11 is 0. The van der Waals surface area contributed by atoms with Crippen molar-refractivity contribution in [3.8, 4) is 0 Å². The molecule has 0 aliphatic heterocycles. The van der Waals surface area contributed by atoms with E-state index in [2.05, 4.69) is 22.0 Å². The van der Waals surface area contributed by atoms with Gasteiger partial charge in [-0.2, -0.15) is 0 Å². The van der Waals surface area contributed by atoms with Gasteiger partial charge in [-0.3, -0.25) is 9.78 Å². The van der Waals surface area contributed by atoms with Crippen molar-refractivity contribution in [2.75, 3.05) is 0 Å². The molecule has 0 N–H and O–H groups in total. The number of carbonyl (C=O) groups excluding carboxylic acids is 1. The number of nitrogens with zero attached hydrogens (tertiary/aromatic N) is 2. The van der Waals surface area contributed by atoms with Gasteiger partial charge in [-0.05, 0) is 49.3 Å². The van der Waals surface area contributed by atoms with Crippen LogP contribution in [-0.4, -0.2) is 21.8 Å². The van der Waals surface area contributed by atoms with Crippen LogP contribution in [-0.2, 0) is 11.3 Å². The third kappa shape index (κ3) is 3.22. The summed E-state index contributed by atoms with van der Waals surface area (Å²) in [6, 6.07) is 4.47. The van der Waals surface area contributed by atoms with Crippen LogP contribution in [0.15, 0.2) is 36.7 Å². The lowest BCUT2D eigenvalue weighted by Gasteiger charge is -2.23. The lowest BCUT2D eigenvalue weighted by molar-refractivity contribution is -0.133. The summed E-state index contributed by atoms with van der Waals surface area (Å²) in [5.74, 6) is 0.780. The molecular weight excluding hydrogens is 236 g/mol. The first-order valence-corrected chi connectivity index (χ1v) is 7.18. The average molecular weight is 256 g/mol. The Morgan fingerprint density at radius 2 is 2.05 bits per heavy atom. The van der Waals surface area contributed by atoms with Crippen LogP contribution < -0.4 is 0 Å². The van der Waals surface area contributed by atoms with Crippen molar-refractivity contribution in [1.29, 1.82) is 0 Å². The number of amides is 1. The third-order valence-electron chi connectivity index (χ3n) is 3.96. The monoisotopic (exact) mass is 256 g/mol. The largest absolute Gasteiger partial charge is 0.335 e. The van der Waals surface area contributed by atoms with E-state index in [0.717, 1.165) is 32.2 Å². The number of hydrogen-bond acceptors (Lipinski definition) is 2. The van der Waals surface area contributed by atoms with Crippen LogP contribution in [0, 0.1) is 5.92 Å². The fraction of sp³-hybridized carbons (Fsp3) is 0.500. The van der Waals surface area contributed by atoms with Crippen molar-refractivity contribution in [1.82, 2.24) is 9.88 Å². The Kier molecular flexibility index (Phi) is 3.62. The summed E-state index contributed by atoms with van der Waals surface area (Å²) < 4.78 is 0. The maximum atomic E-state index is 12.5. The van der Waals surface area contributed by atoms with Gasteiger partial charge in [0.05, 0.1) is 0 Å². The van der Waals surface area contributed by atoms with E-state index in [1.807, 2.05) is 12.1 Å². The van der Waals surface area contributed by atoms with E-state index in [4.69, 9.17) is 0 Å². The number of carbonyl (C=O) groups is 1. The molecule has 1 aromatic heterocycles. The van der Waals surface area contributed by atoms with E-state index >= 15 is 0 Å². The number of pyridine rings is 1. The molecule has 100 valence electrons. The predicted octanol–water partition coefficient (Wildman–Crippen LogP) is 2.93. The van der Waals surface area contributed by atoms with Crippen molar-refractivity contribution in [2.24, 2.45) is 5.92 Å². The molecule has 3 nitrogen and oxygen atoms in total. The van der Waals surface area contributed by atoms with E-state index in [9.17, 15) is 4.79 Å². The molecule has 0 unspecified atom stereocenters. The van der Waals surface area contributed by atoms with Crippen LogP contribution in [0.4, 0.5) is 0 Å². The van der Waals surface area contributed by atoms with Crippen LogP contribution in [0.25, 0.3) is 0 Å². The Morgan fingerprint density at radius 1 is 1.26 bits per heavy atom. The lowest BCUT2D eigenvalue weighted by Crippen LogP contribution is -2.33. The van der Waals surface area contributed by atoms with Crippen LogP contribution in [0.2, 0.25) is 0 Å². The zero-order valence-corrected chi connectivity index (χ0v) is 11.2. The standard InChI is InChI=1S/C16H20N2O/c19-16(11-13-3-1-2-4-13)18(15-5-6-15)12-14-7-9-17-10-8-14/h1,3,7-10,13,15H,2,4-6,11-12H2/t13-/m1/s1. The quantitative estimate of drug-likeness (QED) is 0.759. The fourth-order valence-corrected chi connectivity index (χ4v) is 2.70. The summed E-state index contributed by atoms with van der Waals surface area (Å²) in [5.41, 5.74) is 1.18. The second-order valence-corrected chi connectivity index (χ2v) is 5.58. The molecule has 1 fully saturated rings. The molecule has 0 bridgehead atoms. The first kappa shape index (κ1) is 12.4. The smallest absolute Gasteiger partial charge is 0.223 e. The van der Waals surface area contributed by atoms with Gasteiger partial charge in [-0.15, -0.1) is 0 Å². The number of rotatable bonds is 5. The molecule has 0 aromatic carbocycles. The van der Waals surface area contributed by atoms with Gasteiger partial charge in [0.25, 0.3) is 0 Å².